The van der Waals surface area contributed by atoms with Crippen molar-refractivity contribution in [1.29, 1.82) is 0 Å². The molecule has 0 unspecified atom stereocenters. The molecule has 3 rings (SSSR count). The third-order valence-electron chi connectivity index (χ3n) is 3.84. The molecule has 0 radical (unpaired) electrons. The average Bonchev–Trinajstić information content (AvgIpc) is 3.34. The first-order chi connectivity index (χ1) is 10.8. The van der Waals surface area contributed by atoms with Crippen LogP contribution in [0.15, 0.2) is 18.5 Å². The fourth-order valence-electron chi connectivity index (χ4n) is 2.36. The molecule has 6 heteroatoms. The summed E-state index contributed by atoms with van der Waals surface area (Å²) < 4.78 is 11.2. The monoisotopic (exact) mass is 302 g/mol. The van der Waals surface area contributed by atoms with Gasteiger partial charge in [0.1, 0.15) is 12.1 Å². The van der Waals surface area contributed by atoms with Crippen molar-refractivity contribution in [1.82, 2.24) is 15.3 Å². The van der Waals surface area contributed by atoms with E-state index in [0.717, 1.165) is 36.3 Å². The molecule has 1 aromatic heterocycles. The van der Waals surface area contributed by atoms with Gasteiger partial charge in [0.25, 0.3) is 0 Å². The molecule has 3 N–H and O–H groups in total. The first-order valence-electron chi connectivity index (χ1n) is 7.69. The molecule has 2 aromatic rings. The van der Waals surface area contributed by atoms with Gasteiger partial charge in [-0.1, -0.05) is 0 Å². The Bertz CT molecular complexity index is 643. The van der Waals surface area contributed by atoms with Crippen molar-refractivity contribution < 1.29 is 9.47 Å². The molecule has 0 bridgehead atoms. The van der Waals surface area contributed by atoms with Gasteiger partial charge in [0.05, 0.1) is 19.2 Å². The number of nitrogens with zero attached hydrogens (tertiary/aromatic N) is 2. The third kappa shape index (κ3) is 3.57. The lowest BCUT2D eigenvalue weighted by Gasteiger charge is -2.12. The number of rotatable bonds is 8. The van der Waals surface area contributed by atoms with Crippen LogP contribution >= 0.6 is 0 Å². The van der Waals surface area contributed by atoms with E-state index in [1.807, 2.05) is 12.1 Å². The molecule has 22 heavy (non-hydrogen) atoms. The highest BCUT2D eigenvalue weighted by atomic mass is 16.5. The summed E-state index contributed by atoms with van der Waals surface area (Å²) in [6.45, 7) is 2.75. The van der Waals surface area contributed by atoms with Crippen LogP contribution in [-0.4, -0.2) is 36.8 Å². The fraction of sp³-hybridized carbons (Fsp3) is 0.500. The lowest BCUT2D eigenvalue weighted by Crippen LogP contribution is -2.19. The van der Waals surface area contributed by atoms with Gasteiger partial charge >= 0.3 is 0 Å². The predicted molar refractivity (Wildman–Crippen MR) is 86.2 cm³/mol. The molecule has 0 saturated heterocycles. The van der Waals surface area contributed by atoms with E-state index in [1.165, 1.54) is 19.2 Å². The summed E-state index contributed by atoms with van der Waals surface area (Å²) >= 11 is 0. The Kier molecular flexibility index (Phi) is 4.58. The second-order valence-corrected chi connectivity index (χ2v) is 5.63. The number of hydrogen-bond donors (Lipinski definition) is 2. The van der Waals surface area contributed by atoms with Crippen LogP contribution < -0.4 is 20.5 Å². The summed E-state index contributed by atoms with van der Waals surface area (Å²) in [5.41, 5.74) is 6.62. The number of benzene rings is 1. The second-order valence-electron chi connectivity index (χ2n) is 5.63. The molecule has 1 aliphatic carbocycles. The van der Waals surface area contributed by atoms with Gasteiger partial charge in [0, 0.05) is 11.5 Å². The lowest BCUT2D eigenvalue weighted by atomic mass is 10.2. The summed E-state index contributed by atoms with van der Waals surface area (Å²) in [6.07, 6.45) is 5.17. The van der Waals surface area contributed by atoms with E-state index in [-0.39, 0.29) is 0 Å². The van der Waals surface area contributed by atoms with Crippen molar-refractivity contribution in [3.05, 3.63) is 18.5 Å². The molecule has 1 aromatic carbocycles. The lowest BCUT2D eigenvalue weighted by molar-refractivity contribution is 0.288. The molecule has 1 heterocycles. The number of anilines is 1. The first-order valence-corrected chi connectivity index (χ1v) is 7.69. The van der Waals surface area contributed by atoms with Crippen LogP contribution in [0.1, 0.15) is 19.3 Å². The minimum absolute atomic E-state index is 0.444. The Hall–Kier alpha value is -2.08. The van der Waals surface area contributed by atoms with Gasteiger partial charge < -0.3 is 20.5 Å². The van der Waals surface area contributed by atoms with E-state index in [0.29, 0.717) is 23.9 Å². The minimum atomic E-state index is 0.444. The molecule has 0 aliphatic heterocycles. The standard InChI is InChI=1S/C16H22N4O2/c1-21-14-7-12-13(19-10-20-16(12)17)8-15(14)22-6-2-5-18-9-11-3-4-11/h7-8,10-11,18H,2-6,9H2,1H3,(H2,17,19,20). The Labute approximate surface area is 130 Å². The Morgan fingerprint density at radius 1 is 1.27 bits per heavy atom. The zero-order valence-electron chi connectivity index (χ0n) is 12.8. The number of fused-ring (bicyclic) bond motifs is 1. The quantitative estimate of drug-likeness (QED) is 0.726. The molecule has 0 spiro atoms. The van der Waals surface area contributed by atoms with E-state index in [4.69, 9.17) is 15.2 Å². The van der Waals surface area contributed by atoms with E-state index in [2.05, 4.69) is 15.3 Å². The molecule has 1 aliphatic rings. The largest absolute Gasteiger partial charge is 0.493 e. The highest BCUT2D eigenvalue weighted by Crippen LogP contribution is 2.33. The Morgan fingerprint density at radius 2 is 2.14 bits per heavy atom. The Morgan fingerprint density at radius 3 is 2.91 bits per heavy atom. The van der Waals surface area contributed by atoms with Crippen molar-refractivity contribution in [2.24, 2.45) is 5.92 Å². The van der Waals surface area contributed by atoms with Gasteiger partial charge in [-0.15, -0.1) is 0 Å². The molecule has 1 fully saturated rings. The zero-order valence-corrected chi connectivity index (χ0v) is 12.8. The fourth-order valence-corrected chi connectivity index (χ4v) is 2.36. The number of nitrogen functional groups attached to an aromatic ring is 1. The van der Waals surface area contributed by atoms with E-state index in [9.17, 15) is 0 Å². The van der Waals surface area contributed by atoms with Crippen LogP contribution in [0.5, 0.6) is 11.5 Å². The second kappa shape index (κ2) is 6.79. The van der Waals surface area contributed by atoms with Crippen LogP contribution in [0.3, 0.4) is 0 Å². The molecular weight excluding hydrogens is 280 g/mol. The SMILES string of the molecule is COc1cc2c(N)ncnc2cc1OCCCNCC1CC1. The summed E-state index contributed by atoms with van der Waals surface area (Å²) in [7, 11) is 1.62. The smallest absolute Gasteiger partial charge is 0.163 e. The summed E-state index contributed by atoms with van der Waals surface area (Å²) in [5.74, 6) is 2.70. The Balaban J connectivity index is 1.59. The van der Waals surface area contributed by atoms with Gasteiger partial charge in [-0.25, -0.2) is 9.97 Å². The maximum atomic E-state index is 5.86. The maximum Gasteiger partial charge on any atom is 0.163 e. The minimum Gasteiger partial charge on any atom is -0.493 e. The summed E-state index contributed by atoms with van der Waals surface area (Å²) in [4.78, 5) is 8.21. The van der Waals surface area contributed by atoms with Crippen LogP contribution in [0.25, 0.3) is 10.9 Å². The number of hydrogen-bond acceptors (Lipinski definition) is 6. The van der Waals surface area contributed by atoms with Gasteiger partial charge in [-0.3, -0.25) is 0 Å². The van der Waals surface area contributed by atoms with Crippen LogP contribution in [0, 0.1) is 5.92 Å². The van der Waals surface area contributed by atoms with Crippen LogP contribution in [0.2, 0.25) is 0 Å². The highest BCUT2D eigenvalue weighted by Gasteiger charge is 2.19. The van der Waals surface area contributed by atoms with E-state index in [1.54, 1.807) is 7.11 Å². The number of nitrogens with two attached hydrogens (primary N) is 1. The number of ether oxygens (including phenoxy) is 2. The number of methoxy groups -OCH3 is 1. The predicted octanol–water partition coefficient (Wildman–Crippen LogP) is 1.99. The van der Waals surface area contributed by atoms with Crippen molar-refractivity contribution >= 4 is 16.7 Å². The van der Waals surface area contributed by atoms with Gasteiger partial charge in [-0.2, -0.15) is 0 Å². The molecule has 1 saturated carbocycles. The first kappa shape index (κ1) is 14.8. The molecule has 6 nitrogen and oxygen atoms in total. The number of nitrogens with one attached hydrogen (secondary N) is 1. The molecule has 0 atom stereocenters. The topological polar surface area (TPSA) is 82.3 Å². The van der Waals surface area contributed by atoms with Crippen molar-refractivity contribution in [3.63, 3.8) is 0 Å². The van der Waals surface area contributed by atoms with E-state index < -0.39 is 0 Å². The number of aromatic nitrogens is 2. The van der Waals surface area contributed by atoms with Gasteiger partial charge in [0.2, 0.25) is 0 Å². The highest BCUT2D eigenvalue weighted by molar-refractivity contribution is 5.90. The summed E-state index contributed by atoms with van der Waals surface area (Å²) in [6, 6.07) is 3.68. The zero-order chi connectivity index (χ0) is 15.4. The van der Waals surface area contributed by atoms with Crippen molar-refractivity contribution in [2.45, 2.75) is 19.3 Å². The van der Waals surface area contributed by atoms with Crippen LogP contribution in [-0.2, 0) is 0 Å². The summed E-state index contributed by atoms with van der Waals surface area (Å²) in [5, 5.41) is 4.23. The van der Waals surface area contributed by atoms with Gasteiger partial charge in [0.15, 0.2) is 11.5 Å². The van der Waals surface area contributed by atoms with Crippen molar-refractivity contribution in [2.75, 3.05) is 32.5 Å². The molecule has 118 valence electrons. The average molecular weight is 302 g/mol. The molecular formula is C16H22N4O2. The van der Waals surface area contributed by atoms with Crippen molar-refractivity contribution in [3.8, 4) is 11.5 Å². The third-order valence-corrected chi connectivity index (χ3v) is 3.84. The maximum absolute atomic E-state index is 5.86. The normalized spacial score (nSPS) is 14.2. The molecule has 0 amide bonds. The van der Waals surface area contributed by atoms with E-state index >= 15 is 0 Å². The van der Waals surface area contributed by atoms with Gasteiger partial charge in [-0.05, 0) is 44.3 Å². The van der Waals surface area contributed by atoms with Crippen LogP contribution in [0.4, 0.5) is 5.82 Å².